The number of hydrogen-bond donors (Lipinski definition) is 0. The Hall–Kier alpha value is -4.34. The first-order valence-electron chi connectivity index (χ1n) is 17.2. The Balaban J connectivity index is 1.26. The van der Waals surface area contributed by atoms with Crippen LogP contribution in [-0.4, -0.2) is 50.2 Å². The van der Waals surface area contributed by atoms with E-state index in [0.29, 0.717) is 13.2 Å². The highest BCUT2D eigenvalue weighted by molar-refractivity contribution is 5.47. The van der Waals surface area contributed by atoms with Crippen molar-refractivity contribution in [2.75, 3.05) is 13.7 Å². The van der Waals surface area contributed by atoms with Gasteiger partial charge in [0, 0.05) is 0 Å². The summed E-state index contributed by atoms with van der Waals surface area (Å²) in [6, 6.07) is 49.0. The van der Waals surface area contributed by atoms with E-state index in [1.807, 2.05) is 123 Å². The molecule has 7 rings (SSSR count). The van der Waals surface area contributed by atoms with Crippen molar-refractivity contribution >= 4 is 0 Å². The van der Waals surface area contributed by atoms with Crippen molar-refractivity contribution in [2.45, 2.75) is 69.2 Å². The summed E-state index contributed by atoms with van der Waals surface area (Å²) in [6.07, 6.45) is -2.71. The fraction of sp³-hybridized carbons (Fsp3) is 0.302. The minimum atomic E-state index is -0.949. The molecule has 50 heavy (non-hydrogen) atoms. The summed E-state index contributed by atoms with van der Waals surface area (Å²) in [7, 11) is 1.66. The summed E-state index contributed by atoms with van der Waals surface area (Å²) in [6.45, 7) is 4.67. The van der Waals surface area contributed by atoms with Crippen LogP contribution in [0, 0.1) is 0 Å². The zero-order valence-electron chi connectivity index (χ0n) is 28.7. The zero-order chi connectivity index (χ0) is 34.4. The normalized spacial score (nSPS) is 21.8. The summed E-state index contributed by atoms with van der Waals surface area (Å²) < 4.78 is 45.5. The molecule has 0 unspecified atom stereocenters. The van der Waals surface area contributed by atoms with Gasteiger partial charge in [-0.3, -0.25) is 0 Å². The highest BCUT2D eigenvalue weighted by Crippen LogP contribution is 2.43. The summed E-state index contributed by atoms with van der Waals surface area (Å²) in [5, 5.41) is 0. The molecule has 2 aliphatic heterocycles. The van der Waals surface area contributed by atoms with Gasteiger partial charge >= 0.3 is 0 Å². The van der Waals surface area contributed by atoms with Crippen LogP contribution in [0.25, 0.3) is 0 Å². The predicted molar refractivity (Wildman–Crippen MR) is 190 cm³/mol. The predicted octanol–water partition coefficient (Wildman–Crippen LogP) is 8.05. The first kappa shape index (κ1) is 34.1. The van der Waals surface area contributed by atoms with Gasteiger partial charge in [0.25, 0.3) is 0 Å². The molecule has 5 aromatic rings. The molecule has 0 spiro atoms. The second-order valence-corrected chi connectivity index (χ2v) is 13.1. The second-order valence-electron chi connectivity index (χ2n) is 13.1. The third-order valence-electron chi connectivity index (χ3n) is 9.31. The first-order chi connectivity index (χ1) is 24.4. The maximum absolute atomic E-state index is 7.30. The number of ether oxygens (including phenoxy) is 7. The molecular weight excluding hydrogens is 628 g/mol. The molecule has 0 bridgehead atoms. The number of benzene rings is 5. The van der Waals surface area contributed by atoms with Crippen LogP contribution in [0.2, 0.25) is 0 Å². The molecule has 5 aromatic carbocycles. The minimum absolute atomic E-state index is 0.174. The summed E-state index contributed by atoms with van der Waals surface area (Å²) >= 11 is 0. The summed E-state index contributed by atoms with van der Waals surface area (Å²) in [5.41, 5.74) is 4.10. The van der Waals surface area contributed by atoms with Gasteiger partial charge in [0.1, 0.15) is 35.8 Å². The van der Waals surface area contributed by atoms with Gasteiger partial charge in [0.15, 0.2) is 12.1 Å². The highest BCUT2D eigenvalue weighted by atomic mass is 16.8. The van der Waals surface area contributed by atoms with Crippen molar-refractivity contribution in [1.82, 2.24) is 0 Å². The average molecular weight is 673 g/mol. The van der Waals surface area contributed by atoms with Gasteiger partial charge in [-0.1, -0.05) is 133 Å². The molecule has 2 saturated heterocycles. The fourth-order valence-corrected chi connectivity index (χ4v) is 6.90. The lowest BCUT2D eigenvalue weighted by Gasteiger charge is -2.38. The first-order valence-corrected chi connectivity index (χ1v) is 17.2. The van der Waals surface area contributed by atoms with Crippen molar-refractivity contribution in [2.24, 2.45) is 0 Å². The minimum Gasteiger partial charge on any atom is -0.497 e. The highest BCUT2D eigenvalue weighted by Gasteiger charge is 2.58. The molecule has 2 aliphatic rings. The van der Waals surface area contributed by atoms with E-state index in [1.165, 1.54) is 0 Å². The standard InChI is InChI=1S/C43H44O7/c1-42(2)49-40-39(46-29-31-16-8-4-9-17-31)38(48-41(40)50-42)37(45-28-32-24-26-36(44-3)27-25-32)30-47-43(33-18-10-5-11-19-33,34-20-12-6-13-21-34)35-22-14-7-15-23-35/h4-27,37-41H,28-30H2,1-3H3/t37-,38-,39+,40-,41-/m1/s1. The molecule has 5 atom stereocenters. The van der Waals surface area contributed by atoms with Gasteiger partial charge in [-0.2, -0.15) is 0 Å². The quantitative estimate of drug-likeness (QED) is 0.111. The van der Waals surface area contributed by atoms with Gasteiger partial charge in [0.2, 0.25) is 0 Å². The average Bonchev–Trinajstić information content (AvgIpc) is 3.65. The Labute approximate surface area is 294 Å². The Kier molecular flexibility index (Phi) is 10.4. The van der Waals surface area contributed by atoms with Crippen LogP contribution in [0.1, 0.15) is 41.7 Å². The third-order valence-corrected chi connectivity index (χ3v) is 9.31. The van der Waals surface area contributed by atoms with Crippen molar-refractivity contribution in [1.29, 1.82) is 0 Å². The maximum atomic E-state index is 7.30. The van der Waals surface area contributed by atoms with Gasteiger partial charge in [-0.25, -0.2) is 0 Å². The fourth-order valence-electron chi connectivity index (χ4n) is 6.90. The van der Waals surface area contributed by atoms with E-state index >= 15 is 0 Å². The van der Waals surface area contributed by atoms with E-state index in [0.717, 1.165) is 33.6 Å². The number of rotatable bonds is 14. The Morgan fingerprint density at radius 2 is 1.16 bits per heavy atom. The van der Waals surface area contributed by atoms with Crippen LogP contribution >= 0.6 is 0 Å². The number of fused-ring (bicyclic) bond motifs is 1. The largest absolute Gasteiger partial charge is 0.497 e. The third kappa shape index (κ3) is 7.39. The molecule has 0 radical (unpaired) electrons. The molecule has 258 valence electrons. The van der Waals surface area contributed by atoms with Gasteiger partial charge in [-0.15, -0.1) is 0 Å². The monoisotopic (exact) mass is 672 g/mol. The van der Waals surface area contributed by atoms with Crippen molar-refractivity contribution in [3.8, 4) is 5.75 Å². The van der Waals surface area contributed by atoms with E-state index in [9.17, 15) is 0 Å². The van der Waals surface area contributed by atoms with Crippen LogP contribution in [0.3, 0.4) is 0 Å². The lowest BCUT2D eigenvalue weighted by molar-refractivity contribution is -0.240. The molecule has 7 heteroatoms. The van der Waals surface area contributed by atoms with Crippen LogP contribution < -0.4 is 4.74 Å². The van der Waals surface area contributed by atoms with Crippen LogP contribution in [0.5, 0.6) is 5.75 Å². The van der Waals surface area contributed by atoms with E-state index in [-0.39, 0.29) is 6.61 Å². The van der Waals surface area contributed by atoms with Crippen LogP contribution in [0.15, 0.2) is 146 Å². The topological polar surface area (TPSA) is 64.6 Å². The number of methoxy groups -OCH3 is 1. The van der Waals surface area contributed by atoms with E-state index in [2.05, 4.69) is 36.4 Å². The molecule has 2 heterocycles. The van der Waals surface area contributed by atoms with Gasteiger partial charge < -0.3 is 33.2 Å². The lowest BCUT2D eigenvalue weighted by Crippen LogP contribution is -2.47. The Morgan fingerprint density at radius 3 is 1.70 bits per heavy atom. The van der Waals surface area contributed by atoms with Gasteiger partial charge in [-0.05, 0) is 53.8 Å². The lowest BCUT2D eigenvalue weighted by atomic mass is 9.80. The molecule has 0 aliphatic carbocycles. The van der Waals surface area contributed by atoms with Crippen molar-refractivity contribution in [3.05, 3.63) is 173 Å². The smallest absolute Gasteiger partial charge is 0.190 e. The maximum Gasteiger partial charge on any atom is 0.190 e. The van der Waals surface area contributed by atoms with E-state index in [1.54, 1.807) is 7.11 Å². The summed E-state index contributed by atoms with van der Waals surface area (Å²) in [5.74, 6) is -0.0292. The number of hydrogen-bond acceptors (Lipinski definition) is 7. The van der Waals surface area contributed by atoms with E-state index in [4.69, 9.17) is 33.2 Å². The Bertz CT molecular complexity index is 1670. The van der Waals surface area contributed by atoms with Gasteiger partial charge in [0.05, 0.1) is 26.9 Å². The SMILES string of the molecule is COc1ccc(CO[C@H](COC(c2ccccc2)(c2ccccc2)c2ccccc2)[C@H]2O[C@@H]3OC(C)(C)O[C@@H]3[C@H]2OCc2ccccc2)cc1. The molecular formula is C43H44O7. The molecule has 0 N–H and O–H groups in total. The second kappa shape index (κ2) is 15.3. The van der Waals surface area contributed by atoms with Crippen molar-refractivity contribution < 1.29 is 33.2 Å². The van der Waals surface area contributed by atoms with E-state index < -0.39 is 42.1 Å². The van der Waals surface area contributed by atoms with Crippen LogP contribution in [0.4, 0.5) is 0 Å². The molecule has 0 saturated carbocycles. The molecule has 7 nitrogen and oxygen atoms in total. The zero-order valence-corrected chi connectivity index (χ0v) is 28.7. The van der Waals surface area contributed by atoms with Crippen LogP contribution in [-0.2, 0) is 47.2 Å². The molecule has 2 fully saturated rings. The van der Waals surface area contributed by atoms with Crippen molar-refractivity contribution in [3.63, 3.8) is 0 Å². The molecule has 0 amide bonds. The Morgan fingerprint density at radius 1 is 0.640 bits per heavy atom. The summed E-state index contributed by atoms with van der Waals surface area (Å²) in [4.78, 5) is 0. The molecule has 0 aromatic heterocycles.